The Bertz CT molecular complexity index is 176. The second-order valence-electron chi connectivity index (χ2n) is 2.27. The molecule has 0 aliphatic carbocycles. The third-order valence-electron chi connectivity index (χ3n) is 1.67. The standard InChI is InChI=1S/C6H9N3/c1-2-7-5(1)6-8-3-4-9-6/h3-5,7H,1-2H2,(H,8,9). The average molecular weight is 123 g/mol. The highest BCUT2D eigenvalue weighted by molar-refractivity contribution is 4.99. The van der Waals surface area contributed by atoms with Crippen molar-refractivity contribution in [3.8, 4) is 0 Å². The molecule has 0 spiro atoms. The van der Waals surface area contributed by atoms with Gasteiger partial charge in [0.05, 0.1) is 6.04 Å². The molecule has 48 valence electrons. The molecule has 1 aliphatic rings. The minimum Gasteiger partial charge on any atom is -0.347 e. The molecule has 0 amide bonds. The summed E-state index contributed by atoms with van der Waals surface area (Å²) >= 11 is 0. The molecule has 1 atom stereocenters. The molecule has 0 bridgehead atoms. The van der Waals surface area contributed by atoms with E-state index in [0.29, 0.717) is 6.04 Å². The average Bonchev–Trinajstić information content (AvgIpc) is 2.11. The molecule has 1 fully saturated rings. The van der Waals surface area contributed by atoms with Gasteiger partial charge in [0.15, 0.2) is 0 Å². The van der Waals surface area contributed by atoms with Crippen molar-refractivity contribution in [2.24, 2.45) is 0 Å². The Balaban J connectivity index is 2.14. The third kappa shape index (κ3) is 0.733. The number of aromatic amines is 1. The van der Waals surface area contributed by atoms with Crippen LogP contribution in [0.2, 0.25) is 0 Å². The molecule has 1 unspecified atom stereocenters. The SMILES string of the molecule is c1c[nH]c(C2CCN2)n1. The Morgan fingerprint density at radius 3 is 3.00 bits per heavy atom. The van der Waals surface area contributed by atoms with E-state index in [9.17, 15) is 0 Å². The van der Waals surface area contributed by atoms with E-state index in [4.69, 9.17) is 0 Å². The summed E-state index contributed by atoms with van der Waals surface area (Å²) in [4.78, 5) is 7.19. The first kappa shape index (κ1) is 4.99. The van der Waals surface area contributed by atoms with Crippen LogP contribution in [0.15, 0.2) is 12.4 Å². The highest BCUT2D eigenvalue weighted by Gasteiger charge is 2.19. The first-order valence-corrected chi connectivity index (χ1v) is 3.19. The number of nitrogens with one attached hydrogen (secondary N) is 2. The van der Waals surface area contributed by atoms with Crippen LogP contribution in [0, 0.1) is 0 Å². The van der Waals surface area contributed by atoms with Gasteiger partial charge in [-0.2, -0.15) is 0 Å². The number of aromatic nitrogens is 2. The molecule has 1 aliphatic heterocycles. The minimum absolute atomic E-state index is 0.500. The number of rotatable bonds is 1. The Hall–Kier alpha value is -0.830. The second kappa shape index (κ2) is 1.84. The molecule has 0 saturated carbocycles. The third-order valence-corrected chi connectivity index (χ3v) is 1.67. The summed E-state index contributed by atoms with van der Waals surface area (Å²) in [5.41, 5.74) is 0. The van der Waals surface area contributed by atoms with Crippen LogP contribution >= 0.6 is 0 Å². The van der Waals surface area contributed by atoms with Crippen molar-refractivity contribution in [2.75, 3.05) is 6.54 Å². The molecule has 2 rings (SSSR count). The van der Waals surface area contributed by atoms with E-state index in [-0.39, 0.29) is 0 Å². The van der Waals surface area contributed by atoms with Gasteiger partial charge in [-0.3, -0.25) is 0 Å². The van der Waals surface area contributed by atoms with E-state index in [0.717, 1.165) is 12.4 Å². The summed E-state index contributed by atoms with van der Waals surface area (Å²) in [6.07, 6.45) is 4.86. The molecule has 1 aromatic rings. The van der Waals surface area contributed by atoms with E-state index in [1.165, 1.54) is 6.42 Å². The first-order valence-electron chi connectivity index (χ1n) is 3.19. The molecular weight excluding hydrogens is 114 g/mol. The van der Waals surface area contributed by atoms with Gasteiger partial charge in [-0.25, -0.2) is 4.98 Å². The number of imidazole rings is 1. The van der Waals surface area contributed by atoms with Gasteiger partial charge < -0.3 is 10.3 Å². The lowest BCUT2D eigenvalue weighted by Gasteiger charge is -2.25. The molecule has 1 saturated heterocycles. The fraction of sp³-hybridized carbons (Fsp3) is 0.500. The molecule has 0 radical (unpaired) electrons. The first-order chi connectivity index (χ1) is 4.47. The zero-order valence-corrected chi connectivity index (χ0v) is 5.09. The van der Waals surface area contributed by atoms with Crippen LogP contribution in [-0.2, 0) is 0 Å². The fourth-order valence-electron chi connectivity index (χ4n) is 0.990. The molecule has 9 heavy (non-hydrogen) atoms. The maximum absolute atomic E-state index is 4.12. The van der Waals surface area contributed by atoms with Gasteiger partial charge in [-0.15, -0.1) is 0 Å². The van der Waals surface area contributed by atoms with Crippen LogP contribution in [0.25, 0.3) is 0 Å². The number of H-pyrrole nitrogens is 1. The highest BCUT2D eigenvalue weighted by Crippen LogP contribution is 2.17. The molecule has 1 aromatic heterocycles. The predicted octanol–water partition coefficient (Wildman–Crippen LogP) is 0.444. The summed E-state index contributed by atoms with van der Waals surface area (Å²) in [5, 5.41) is 3.25. The van der Waals surface area contributed by atoms with Crippen molar-refractivity contribution in [3.63, 3.8) is 0 Å². The fourth-order valence-corrected chi connectivity index (χ4v) is 0.990. The lowest BCUT2D eigenvalue weighted by atomic mass is 10.1. The Kier molecular flexibility index (Phi) is 1.02. The summed E-state index contributed by atoms with van der Waals surface area (Å²) < 4.78 is 0. The Morgan fingerprint density at radius 1 is 1.67 bits per heavy atom. The molecular formula is C6H9N3. The predicted molar refractivity (Wildman–Crippen MR) is 33.9 cm³/mol. The van der Waals surface area contributed by atoms with Gasteiger partial charge in [0, 0.05) is 12.4 Å². The summed E-state index contributed by atoms with van der Waals surface area (Å²) in [7, 11) is 0. The normalized spacial score (nSPS) is 25.6. The quantitative estimate of drug-likeness (QED) is 0.569. The van der Waals surface area contributed by atoms with Gasteiger partial charge in [-0.05, 0) is 13.0 Å². The van der Waals surface area contributed by atoms with Crippen molar-refractivity contribution < 1.29 is 0 Å². The monoisotopic (exact) mass is 123 g/mol. The molecule has 3 heteroatoms. The van der Waals surface area contributed by atoms with Gasteiger partial charge in [0.1, 0.15) is 5.82 Å². The molecule has 3 nitrogen and oxygen atoms in total. The largest absolute Gasteiger partial charge is 0.347 e. The van der Waals surface area contributed by atoms with Crippen LogP contribution < -0.4 is 5.32 Å². The van der Waals surface area contributed by atoms with Crippen LogP contribution in [0.5, 0.6) is 0 Å². The van der Waals surface area contributed by atoms with Crippen molar-refractivity contribution in [1.82, 2.24) is 15.3 Å². The Morgan fingerprint density at radius 2 is 2.56 bits per heavy atom. The van der Waals surface area contributed by atoms with Gasteiger partial charge in [-0.1, -0.05) is 0 Å². The van der Waals surface area contributed by atoms with Gasteiger partial charge >= 0.3 is 0 Å². The van der Waals surface area contributed by atoms with Crippen LogP contribution in [-0.4, -0.2) is 16.5 Å². The lowest BCUT2D eigenvalue weighted by molar-refractivity contribution is 0.368. The van der Waals surface area contributed by atoms with Crippen molar-refractivity contribution in [2.45, 2.75) is 12.5 Å². The van der Waals surface area contributed by atoms with E-state index < -0.39 is 0 Å². The van der Waals surface area contributed by atoms with E-state index in [1.54, 1.807) is 6.20 Å². The van der Waals surface area contributed by atoms with E-state index >= 15 is 0 Å². The van der Waals surface area contributed by atoms with Crippen molar-refractivity contribution >= 4 is 0 Å². The summed E-state index contributed by atoms with van der Waals surface area (Å²) in [6.45, 7) is 1.13. The van der Waals surface area contributed by atoms with E-state index in [1.807, 2.05) is 6.20 Å². The van der Waals surface area contributed by atoms with Gasteiger partial charge in [0.25, 0.3) is 0 Å². The highest BCUT2D eigenvalue weighted by atomic mass is 15.1. The topological polar surface area (TPSA) is 40.7 Å². The number of hydrogen-bond acceptors (Lipinski definition) is 2. The van der Waals surface area contributed by atoms with Crippen molar-refractivity contribution in [1.29, 1.82) is 0 Å². The Labute approximate surface area is 53.5 Å². The van der Waals surface area contributed by atoms with Gasteiger partial charge in [0.2, 0.25) is 0 Å². The minimum atomic E-state index is 0.500. The zero-order valence-electron chi connectivity index (χ0n) is 5.09. The van der Waals surface area contributed by atoms with Crippen LogP contribution in [0.1, 0.15) is 18.3 Å². The summed E-state index contributed by atoms with van der Waals surface area (Å²) in [5.74, 6) is 1.07. The number of nitrogens with zero attached hydrogens (tertiary/aromatic N) is 1. The second-order valence-corrected chi connectivity index (χ2v) is 2.27. The maximum Gasteiger partial charge on any atom is 0.123 e. The molecule has 2 N–H and O–H groups in total. The maximum atomic E-state index is 4.12. The zero-order chi connectivity index (χ0) is 6.10. The molecule has 2 heterocycles. The molecule has 0 aromatic carbocycles. The lowest BCUT2D eigenvalue weighted by Crippen LogP contribution is -2.35. The van der Waals surface area contributed by atoms with Crippen LogP contribution in [0.4, 0.5) is 0 Å². The smallest absolute Gasteiger partial charge is 0.123 e. The number of hydrogen-bond donors (Lipinski definition) is 2. The van der Waals surface area contributed by atoms with E-state index in [2.05, 4.69) is 15.3 Å². The van der Waals surface area contributed by atoms with Crippen LogP contribution in [0.3, 0.4) is 0 Å². The van der Waals surface area contributed by atoms with Crippen molar-refractivity contribution in [3.05, 3.63) is 18.2 Å². The summed E-state index contributed by atoms with van der Waals surface area (Å²) in [6, 6.07) is 0.500.